The van der Waals surface area contributed by atoms with Crippen LogP contribution in [0.2, 0.25) is 0 Å². The Morgan fingerprint density at radius 1 is 1.21 bits per heavy atom. The van der Waals surface area contributed by atoms with Crippen molar-refractivity contribution < 1.29 is 27.3 Å². The minimum absolute atomic E-state index is 0.146. The Kier molecular flexibility index (Phi) is 4.27. The topological polar surface area (TPSA) is 119 Å². The van der Waals surface area contributed by atoms with E-state index in [0.717, 1.165) is 9.69 Å². The molecule has 0 atom stereocenters. The summed E-state index contributed by atoms with van der Waals surface area (Å²) >= 11 is 0. The lowest BCUT2D eigenvalue weighted by molar-refractivity contribution is -0.145. The van der Waals surface area contributed by atoms with Gasteiger partial charge in [-0.2, -0.15) is 0 Å². The van der Waals surface area contributed by atoms with Crippen LogP contribution in [0.1, 0.15) is 5.76 Å². The van der Waals surface area contributed by atoms with Gasteiger partial charge in [0.2, 0.25) is 0 Å². The molecule has 28 heavy (non-hydrogen) atoms. The SMILES string of the molecule is Cc1cc(NC(=O)COC(=O)CN2c3cccc4cccc(c34)S2(=O)=O)no1. The van der Waals surface area contributed by atoms with Crippen LogP contribution in [-0.4, -0.2) is 38.6 Å². The monoisotopic (exact) mass is 401 g/mol. The van der Waals surface area contributed by atoms with Gasteiger partial charge in [-0.3, -0.25) is 13.9 Å². The van der Waals surface area contributed by atoms with E-state index >= 15 is 0 Å². The number of sulfonamides is 1. The molecule has 0 bridgehead atoms. The molecule has 0 fully saturated rings. The minimum atomic E-state index is -3.87. The normalized spacial score (nSPS) is 14.2. The molecular weight excluding hydrogens is 386 g/mol. The summed E-state index contributed by atoms with van der Waals surface area (Å²) in [5, 5.41) is 7.33. The molecule has 144 valence electrons. The first-order chi connectivity index (χ1) is 13.4. The zero-order valence-corrected chi connectivity index (χ0v) is 15.5. The maximum atomic E-state index is 12.8. The van der Waals surface area contributed by atoms with Crippen molar-refractivity contribution in [2.24, 2.45) is 0 Å². The largest absolute Gasteiger partial charge is 0.454 e. The summed E-state index contributed by atoms with van der Waals surface area (Å²) in [6, 6.07) is 11.6. The number of anilines is 2. The number of nitrogens with one attached hydrogen (secondary N) is 1. The highest BCUT2D eigenvalue weighted by Crippen LogP contribution is 2.41. The standard InChI is InChI=1S/C18H15N3O6S/c1-11-8-15(20-27-11)19-16(22)10-26-17(23)9-21-13-6-2-4-12-5-3-7-14(18(12)13)28(21,24)25/h2-8H,9-10H2,1H3,(H,19,20,22). The first-order valence-corrected chi connectivity index (χ1v) is 9.73. The van der Waals surface area contributed by atoms with Crippen LogP contribution in [0.4, 0.5) is 11.5 Å². The molecule has 0 unspecified atom stereocenters. The Labute approximate surface area is 159 Å². The molecule has 3 aromatic rings. The van der Waals surface area contributed by atoms with Gasteiger partial charge >= 0.3 is 5.97 Å². The predicted molar refractivity (Wildman–Crippen MR) is 99.3 cm³/mol. The molecule has 0 saturated heterocycles. The zero-order valence-electron chi connectivity index (χ0n) is 14.7. The molecule has 0 spiro atoms. The van der Waals surface area contributed by atoms with E-state index in [9.17, 15) is 18.0 Å². The summed E-state index contributed by atoms with van der Waals surface area (Å²) in [4.78, 5) is 24.1. The molecule has 1 amide bonds. The molecule has 2 aromatic carbocycles. The van der Waals surface area contributed by atoms with Gasteiger partial charge in [-0.05, 0) is 24.4 Å². The molecule has 1 N–H and O–H groups in total. The summed E-state index contributed by atoms with van der Waals surface area (Å²) in [7, 11) is -3.87. The van der Waals surface area contributed by atoms with Crippen LogP contribution in [0.15, 0.2) is 51.9 Å². The van der Waals surface area contributed by atoms with Crippen molar-refractivity contribution in [3.63, 3.8) is 0 Å². The number of ether oxygens (including phenoxy) is 1. The molecule has 4 rings (SSSR count). The molecule has 1 aliphatic rings. The predicted octanol–water partition coefficient (Wildman–Crippen LogP) is 1.83. The second-order valence-corrected chi connectivity index (χ2v) is 8.01. The van der Waals surface area contributed by atoms with Gasteiger partial charge in [0.25, 0.3) is 15.9 Å². The first-order valence-electron chi connectivity index (χ1n) is 8.29. The van der Waals surface area contributed by atoms with Crippen molar-refractivity contribution in [3.8, 4) is 0 Å². The van der Waals surface area contributed by atoms with Crippen molar-refractivity contribution in [1.82, 2.24) is 5.16 Å². The van der Waals surface area contributed by atoms with E-state index in [-0.39, 0.29) is 10.7 Å². The number of esters is 1. The summed E-state index contributed by atoms with van der Waals surface area (Å²) in [6.07, 6.45) is 0. The Balaban J connectivity index is 1.45. The summed E-state index contributed by atoms with van der Waals surface area (Å²) in [5.74, 6) is -0.751. The van der Waals surface area contributed by atoms with E-state index in [2.05, 4.69) is 10.5 Å². The van der Waals surface area contributed by atoms with Crippen LogP contribution in [-0.2, 0) is 24.3 Å². The molecule has 1 aromatic heterocycles. The Hall–Kier alpha value is -3.40. The number of aromatic nitrogens is 1. The lowest BCUT2D eigenvalue weighted by Crippen LogP contribution is -2.34. The van der Waals surface area contributed by atoms with Gasteiger partial charge in [-0.15, -0.1) is 0 Å². The van der Waals surface area contributed by atoms with E-state index in [1.165, 1.54) is 12.1 Å². The van der Waals surface area contributed by atoms with Gasteiger partial charge in [0, 0.05) is 11.5 Å². The van der Waals surface area contributed by atoms with Crippen LogP contribution < -0.4 is 9.62 Å². The van der Waals surface area contributed by atoms with Gasteiger partial charge in [0.05, 0.1) is 10.6 Å². The molecular formula is C18H15N3O6S. The number of carbonyl (C=O) groups excluding carboxylic acids is 2. The van der Waals surface area contributed by atoms with E-state index < -0.39 is 35.1 Å². The van der Waals surface area contributed by atoms with Crippen molar-refractivity contribution >= 4 is 44.2 Å². The van der Waals surface area contributed by atoms with Gasteiger partial charge < -0.3 is 14.6 Å². The number of hydrogen-bond acceptors (Lipinski definition) is 7. The molecule has 9 nitrogen and oxygen atoms in total. The number of carbonyl (C=O) groups is 2. The average Bonchev–Trinajstić information content (AvgIpc) is 3.16. The van der Waals surface area contributed by atoms with E-state index in [4.69, 9.17) is 9.26 Å². The van der Waals surface area contributed by atoms with Crippen molar-refractivity contribution in [2.45, 2.75) is 11.8 Å². The fraction of sp³-hybridized carbons (Fsp3) is 0.167. The third-order valence-electron chi connectivity index (χ3n) is 4.21. The number of aryl methyl sites for hydroxylation is 1. The lowest BCUT2D eigenvalue weighted by Gasteiger charge is -2.17. The molecule has 10 heteroatoms. The van der Waals surface area contributed by atoms with E-state index in [1.807, 2.05) is 0 Å². The zero-order chi connectivity index (χ0) is 19.9. The fourth-order valence-corrected chi connectivity index (χ4v) is 4.70. The Morgan fingerprint density at radius 3 is 2.68 bits per heavy atom. The van der Waals surface area contributed by atoms with Gasteiger partial charge in [-0.25, -0.2) is 8.42 Å². The summed E-state index contributed by atoms with van der Waals surface area (Å²) < 4.78 is 36.3. The molecule has 0 saturated carbocycles. The number of hydrogen-bond donors (Lipinski definition) is 1. The third-order valence-corrected chi connectivity index (χ3v) is 6.02. The fourth-order valence-electron chi connectivity index (χ4n) is 3.04. The molecule has 2 heterocycles. The number of rotatable bonds is 5. The minimum Gasteiger partial charge on any atom is -0.454 e. The number of nitrogens with zero attached hydrogens (tertiary/aromatic N) is 2. The van der Waals surface area contributed by atoms with Crippen molar-refractivity contribution in [3.05, 3.63) is 48.2 Å². The van der Waals surface area contributed by atoms with Crippen LogP contribution in [0.25, 0.3) is 10.8 Å². The number of amides is 1. The summed E-state index contributed by atoms with van der Waals surface area (Å²) in [6.45, 7) is 0.556. The molecule has 0 radical (unpaired) electrons. The average molecular weight is 401 g/mol. The maximum absolute atomic E-state index is 12.8. The second kappa shape index (κ2) is 6.64. The Bertz CT molecular complexity index is 1200. The van der Waals surface area contributed by atoms with Gasteiger partial charge in [0.1, 0.15) is 12.3 Å². The number of benzene rings is 2. The first kappa shape index (κ1) is 18.0. The van der Waals surface area contributed by atoms with E-state index in [0.29, 0.717) is 16.8 Å². The summed E-state index contributed by atoms with van der Waals surface area (Å²) in [5.41, 5.74) is 0.410. The molecule has 0 aliphatic carbocycles. The smallest absolute Gasteiger partial charge is 0.327 e. The van der Waals surface area contributed by atoms with Crippen LogP contribution in [0.5, 0.6) is 0 Å². The van der Waals surface area contributed by atoms with Gasteiger partial charge in [0.15, 0.2) is 12.4 Å². The Morgan fingerprint density at radius 2 is 1.96 bits per heavy atom. The quantitative estimate of drug-likeness (QED) is 0.648. The van der Waals surface area contributed by atoms with Crippen molar-refractivity contribution in [1.29, 1.82) is 0 Å². The molecule has 1 aliphatic heterocycles. The maximum Gasteiger partial charge on any atom is 0.327 e. The van der Waals surface area contributed by atoms with Crippen LogP contribution in [0, 0.1) is 6.92 Å². The third kappa shape index (κ3) is 3.07. The van der Waals surface area contributed by atoms with E-state index in [1.54, 1.807) is 37.3 Å². The highest BCUT2D eigenvalue weighted by atomic mass is 32.2. The highest BCUT2D eigenvalue weighted by molar-refractivity contribution is 7.93. The van der Waals surface area contributed by atoms with Gasteiger partial charge in [-0.1, -0.05) is 29.4 Å². The van der Waals surface area contributed by atoms with Crippen molar-refractivity contribution in [2.75, 3.05) is 22.8 Å². The second-order valence-electron chi connectivity index (χ2n) is 6.17. The highest BCUT2D eigenvalue weighted by Gasteiger charge is 2.37. The lowest BCUT2D eigenvalue weighted by atomic mass is 10.1. The van der Waals surface area contributed by atoms with Crippen LogP contribution >= 0.6 is 0 Å². The van der Waals surface area contributed by atoms with Crippen LogP contribution in [0.3, 0.4) is 0 Å².